The van der Waals surface area contributed by atoms with Gasteiger partial charge in [-0.05, 0) is 79.7 Å². The molecule has 264 valence electrons. The van der Waals surface area contributed by atoms with E-state index in [1.807, 2.05) is 44.2 Å². The highest BCUT2D eigenvalue weighted by Crippen LogP contribution is 2.41. The van der Waals surface area contributed by atoms with E-state index in [1.54, 1.807) is 16.8 Å². The maximum Gasteiger partial charge on any atom is 0.258 e. The van der Waals surface area contributed by atoms with Crippen LogP contribution in [-0.2, 0) is 0 Å². The zero-order valence-corrected chi connectivity index (χ0v) is 32.1. The van der Waals surface area contributed by atoms with Gasteiger partial charge >= 0.3 is 0 Å². The molecule has 6 rings (SSSR count). The lowest BCUT2D eigenvalue weighted by atomic mass is 9.82. The van der Waals surface area contributed by atoms with Gasteiger partial charge in [0.25, 0.3) is 5.56 Å². The third-order valence-corrected chi connectivity index (χ3v) is 17.7. The maximum atomic E-state index is 13.8. The van der Waals surface area contributed by atoms with E-state index in [2.05, 4.69) is 92.4 Å². The second-order valence-electron chi connectivity index (χ2n) is 15.8. The van der Waals surface area contributed by atoms with Crippen LogP contribution in [-0.4, -0.2) is 70.4 Å². The second kappa shape index (κ2) is 14.3. The van der Waals surface area contributed by atoms with Gasteiger partial charge in [0.15, 0.2) is 5.65 Å². The molecule has 0 bridgehead atoms. The van der Waals surface area contributed by atoms with Crippen LogP contribution in [0.4, 0.5) is 17.3 Å². The fourth-order valence-electron chi connectivity index (χ4n) is 8.33. The normalized spacial score (nSPS) is 16.6. The van der Waals surface area contributed by atoms with Gasteiger partial charge in [0.1, 0.15) is 8.07 Å². The molecule has 0 amide bonds. The highest BCUT2D eigenvalue weighted by molar-refractivity contribution is 6.90. The smallest absolute Gasteiger partial charge is 0.258 e. The van der Waals surface area contributed by atoms with Crippen molar-refractivity contribution in [1.29, 1.82) is 0 Å². The van der Waals surface area contributed by atoms with Crippen molar-refractivity contribution in [3.63, 3.8) is 0 Å². The van der Waals surface area contributed by atoms with Crippen molar-refractivity contribution in [2.24, 2.45) is 5.92 Å². The van der Waals surface area contributed by atoms with Crippen LogP contribution >= 0.6 is 0 Å². The molecule has 0 saturated carbocycles. The van der Waals surface area contributed by atoms with Crippen LogP contribution in [0.3, 0.4) is 0 Å². The van der Waals surface area contributed by atoms with Crippen LogP contribution in [0.25, 0.3) is 16.7 Å². The first kappa shape index (κ1) is 35.8. The molecule has 2 aromatic carbocycles. The first-order valence-electron chi connectivity index (χ1n) is 18.4. The molecule has 4 heterocycles. The van der Waals surface area contributed by atoms with E-state index in [4.69, 9.17) is 9.97 Å². The monoisotopic (exact) mass is 690 g/mol. The predicted octanol–water partition coefficient (Wildman–Crippen LogP) is 7.77. The molecule has 2 aliphatic rings. The van der Waals surface area contributed by atoms with Gasteiger partial charge in [0.05, 0.1) is 16.7 Å². The summed E-state index contributed by atoms with van der Waals surface area (Å²) in [6, 6.07) is 20.3. The maximum absolute atomic E-state index is 13.8. The molecule has 2 fully saturated rings. The molecule has 2 N–H and O–H groups in total. The number of rotatable bonds is 9. The number of benzene rings is 2. The fourth-order valence-corrected chi connectivity index (χ4v) is 13.6. The molecular weight excluding hydrogens is 637 g/mol. The Hall–Kier alpha value is -3.97. The Morgan fingerprint density at radius 3 is 2.10 bits per heavy atom. The number of anilines is 3. The minimum Gasteiger partial charge on any atom is -0.390 e. The van der Waals surface area contributed by atoms with E-state index < -0.39 is 13.7 Å². The summed E-state index contributed by atoms with van der Waals surface area (Å²) < 4.78 is 1.66. The number of aliphatic hydroxyl groups is 1. The van der Waals surface area contributed by atoms with Crippen molar-refractivity contribution < 1.29 is 5.11 Å². The van der Waals surface area contributed by atoms with Gasteiger partial charge in [-0.3, -0.25) is 14.3 Å². The molecule has 8 nitrogen and oxygen atoms in total. The van der Waals surface area contributed by atoms with Crippen LogP contribution < -0.4 is 15.8 Å². The summed E-state index contributed by atoms with van der Waals surface area (Å²) in [5.41, 5.74) is 8.53. The Morgan fingerprint density at radius 2 is 1.52 bits per heavy atom. The van der Waals surface area contributed by atoms with E-state index in [9.17, 15) is 9.90 Å². The van der Waals surface area contributed by atoms with Crippen LogP contribution in [0.1, 0.15) is 73.8 Å². The van der Waals surface area contributed by atoms with E-state index >= 15 is 0 Å². The standard InChI is InChI=1S/C41H54N6O2Si/c1-28(2)50(29(3)4,30(5)6)23-20-31-24-38(48)47(36-12-10-9-11-13-36)39-37(31)25-42-40(44-39)43-33-14-16-34(17-15-33)45-21-18-35(19-22-45)46-26-32(27-46)41(7,8)49/h9-17,24-25,28-30,32,35,49H,18-19,21-22,26-27H2,1-8H3,(H,42,43,44). The van der Waals surface area contributed by atoms with Crippen molar-refractivity contribution in [1.82, 2.24) is 19.4 Å². The number of likely N-dealkylation sites (tertiary alicyclic amines) is 1. The van der Waals surface area contributed by atoms with E-state index in [-0.39, 0.29) is 5.56 Å². The van der Waals surface area contributed by atoms with Crippen molar-refractivity contribution in [2.75, 3.05) is 36.4 Å². The van der Waals surface area contributed by atoms with Gasteiger partial charge in [-0.15, -0.1) is 5.54 Å². The highest BCUT2D eigenvalue weighted by Gasteiger charge is 2.42. The zero-order valence-electron chi connectivity index (χ0n) is 31.1. The molecule has 2 saturated heterocycles. The number of hydrogen-bond acceptors (Lipinski definition) is 7. The fraction of sp³-hybridized carbons (Fsp3) is 0.488. The lowest BCUT2D eigenvalue weighted by molar-refractivity contribution is -0.0795. The number of aromatic nitrogens is 3. The number of pyridine rings is 1. The van der Waals surface area contributed by atoms with E-state index in [1.165, 1.54) is 5.69 Å². The third-order valence-electron chi connectivity index (χ3n) is 11.4. The van der Waals surface area contributed by atoms with Gasteiger partial charge < -0.3 is 15.3 Å². The van der Waals surface area contributed by atoms with Gasteiger partial charge in [-0.1, -0.05) is 65.7 Å². The topological polar surface area (TPSA) is 86.5 Å². The molecular formula is C41H54N6O2Si. The van der Waals surface area contributed by atoms with Crippen LogP contribution in [0.2, 0.25) is 16.6 Å². The molecule has 0 aliphatic carbocycles. The Labute approximate surface area is 299 Å². The molecule has 9 heteroatoms. The molecule has 2 aliphatic heterocycles. The number of piperidine rings is 1. The first-order chi connectivity index (χ1) is 23.8. The molecule has 0 spiro atoms. The Balaban J connectivity index is 1.24. The molecule has 2 aromatic heterocycles. The lowest BCUT2D eigenvalue weighted by Gasteiger charge is -2.51. The lowest BCUT2D eigenvalue weighted by Crippen LogP contribution is -2.60. The SMILES string of the molecule is CC(C)[Si](C#Cc1cc(=O)n(-c2ccccc2)c2nc(Nc3ccc(N4CCC(N5CC(C(C)(C)O)C5)CC4)cc3)ncc12)(C(C)C)C(C)C. The van der Waals surface area contributed by atoms with E-state index in [0.717, 1.165) is 55.8 Å². The minimum absolute atomic E-state index is 0.164. The number of fused-ring (bicyclic) bond motifs is 1. The number of nitrogens with zero attached hydrogens (tertiary/aromatic N) is 5. The molecule has 50 heavy (non-hydrogen) atoms. The van der Waals surface area contributed by atoms with Gasteiger partial charge in [0.2, 0.25) is 5.95 Å². The highest BCUT2D eigenvalue weighted by atomic mass is 28.3. The molecule has 0 radical (unpaired) electrons. The largest absolute Gasteiger partial charge is 0.390 e. The summed E-state index contributed by atoms with van der Waals surface area (Å²) in [4.78, 5) is 28.4. The molecule has 0 atom stereocenters. The summed E-state index contributed by atoms with van der Waals surface area (Å²) in [5.74, 6) is 4.30. The predicted molar refractivity (Wildman–Crippen MR) is 209 cm³/mol. The Bertz CT molecular complexity index is 1890. The van der Waals surface area contributed by atoms with Crippen molar-refractivity contribution in [2.45, 2.75) is 96.5 Å². The Kier molecular flexibility index (Phi) is 10.3. The third kappa shape index (κ3) is 7.12. The summed E-state index contributed by atoms with van der Waals surface area (Å²) in [7, 11) is -2.03. The van der Waals surface area contributed by atoms with Crippen LogP contribution in [0.15, 0.2) is 71.7 Å². The summed E-state index contributed by atoms with van der Waals surface area (Å²) >= 11 is 0. The minimum atomic E-state index is -2.03. The van der Waals surface area contributed by atoms with Crippen molar-refractivity contribution >= 4 is 36.4 Å². The number of nitrogens with one attached hydrogen (secondary N) is 1. The summed E-state index contributed by atoms with van der Waals surface area (Å²) in [6.45, 7) is 21.7. The average Bonchev–Trinajstić information content (AvgIpc) is 3.04. The Morgan fingerprint density at radius 1 is 0.900 bits per heavy atom. The number of para-hydroxylation sites is 1. The van der Waals surface area contributed by atoms with E-state index in [0.29, 0.717) is 45.7 Å². The van der Waals surface area contributed by atoms with Gasteiger partial charge in [-0.25, -0.2) is 4.98 Å². The van der Waals surface area contributed by atoms with Crippen LogP contribution in [0, 0.1) is 17.4 Å². The quantitative estimate of drug-likeness (QED) is 0.137. The molecule has 0 unspecified atom stereocenters. The van der Waals surface area contributed by atoms with Crippen molar-refractivity contribution in [3.05, 3.63) is 82.8 Å². The summed E-state index contributed by atoms with van der Waals surface area (Å²) in [6.07, 6.45) is 4.07. The molecule has 4 aromatic rings. The van der Waals surface area contributed by atoms with Crippen LogP contribution in [0.5, 0.6) is 0 Å². The van der Waals surface area contributed by atoms with Gasteiger partial charge in [0, 0.05) is 67.3 Å². The number of hydrogen-bond donors (Lipinski definition) is 2. The second-order valence-corrected chi connectivity index (χ2v) is 21.4. The van der Waals surface area contributed by atoms with Crippen molar-refractivity contribution in [3.8, 4) is 17.2 Å². The zero-order chi connectivity index (χ0) is 35.8. The first-order valence-corrected chi connectivity index (χ1v) is 20.6. The summed E-state index contributed by atoms with van der Waals surface area (Å²) in [5, 5.41) is 14.5. The van der Waals surface area contributed by atoms with Gasteiger partial charge in [-0.2, -0.15) is 4.98 Å². The average molecular weight is 691 g/mol.